The van der Waals surface area contributed by atoms with E-state index >= 15 is 0 Å². The van der Waals surface area contributed by atoms with Crippen molar-refractivity contribution >= 4 is 11.9 Å². The maximum Gasteiger partial charge on any atom is 0.337 e. The monoisotopic (exact) mass is 368 g/mol. The van der Waals surface area contributed by atoms with Crippen LogP contribution in [0.4, 0.5) is 0 Å². The van der Waals surface area contributed by atoms with Crippen molar-refractivity contribution in [3.05, 3.63) is 65.5 Å². The summed E-state index contributed by atoms with van der Waals surface area (Å²) in [6, 6.07) is 13.1. The van der Waals surface area contributed by atoms with Gasteiger partial charge in [-0.2, -0.15) is 0 Å². The van der Waals surface area contributed by atoms with Crippen LogP contribution in [0.15, 0.2) is 48.7 Å². The van der Waals surface area contributed by atoms with Gasteiger partial charge in [-0.25, -0.2) is 4.79 Å². The molecule has 0 saturated carbocycles. The molecule has 1 aromatic heterocycles. The van der Waals surface area contributed by atoms with Crippen LogP contribution in [0.25, 0.3) is 0 Å². The number of hydrogen-bond donors (Lipinski definition) is 3. The van der Waals surface area contributed by atoms with Crippen molar-refractivity contribution in [3.63, 3.8) is 0 Å². The zero-order valence-electron chi connectivity index (χ0n) is 15.1. The number of carboxylic acid groups (broad SMARTS) is 1. The van der Waals surface area contributed by atoms with Gasteiger partial charge in [0.25, 0.3) is 5.91 Å². The van der Waals surface area contributed by atoms with Gasteiger partial charge < -0.3 is 16.2 Å². The number of piperidine rings is 1. The molecule has 0 spiro atoms. The Hall–Kier alpha value is -2.77. The SMILES string of the molecule is NC1(CNC(=O)c2ccc(C(=O)O)cn2)CCN(Cc2ccccc2)CC1. The van der Waals surface area contributed by atoms with Crippen LogP contribution < -0.4 is 11.1 Å². The van der Waals surface area contributed by atoms with E-state index in [1.807, 2.05) is 18.2 Å². The normalized spacial score (nSPS) is 16.6. The predicted octanol–water partition coefficient (Wildman–Crippen LogP) is 1.50. The first-order valence-corrected chi connectivity index (χ1v) is 8.98. The van der Waals surface area contributed by atoms with Crippen molar-refractivity contribution in [3.8, 4) is 0 Å². The molecule has 0 bridgehead atoms. The standard InChI is InChI=1S/C20H24N4O3/c21-20(8-10-24(11-9-20)13-15-4-2-1-3-5-15)14-23-18(25)17-7-6-16(12-22-17)19(26)27/h1-7,12H,8-11,13-14,21H2,(H,23,25)(H,26,27). The minimum absolute atomic E-state index is 0.0487. The van der Waals surface area contributed by atoms with Crippen molar-refractivity contribution in [1.82, 2.24) is 15.2 Å². The Kier molecular flexibility index (Phi) is 5.83. The highest BCUT2D eigenvalue weighted by Crippen LogP contribution is 2.20. The quantitative estimate of drug-likeness (QED) is 0.713. The van der Waals surface area contributed by atoms with Gasteiger partial charge >= 0.3 is 5.97 Å². The van der Waals surface area contributed by atoms with Crippen molar-refractivity contribution in [1.29, 1.82) is 0 Å². The maximum atomic E-state index is 12.2. The second kappa shape index (κ2) is 8.28. The van der Waals surface area contributed by atoms with Crippen LogP contribution in [-0.2, 0) is 6.54 Å². The van der Waals surface area contributed by atoms with E-state index in [0.717, 1.165) is 32.5 Å². The Morgan fingerprint density at radius 1 is 1.15 bits per heavy atom. The molecular weight excluding hydrogens is 344 g/mol. The molecular formula is C20H24N4O3. The summed E-state index contributed by atoms with van der Waals surface area (Å²) >= 11 is 0. The largest absolute Gasteiger partial charge is 0.478 e. The summed E-state index contributed by atoms with van der Waals surface area (Å²) in [5.41, 5.74) is 7.54. The molecule has 1 amide bonds. The lowest BCUT2D eigenvalue weighted by Crippen LogP contribution is -2.56. The number of amides is 1. The van der Waals surface area contributed by atoms with E-state index in [-0.39, 0.29) is 17.2 Å². The summed E-state index contributed by atoms with van der Waals surface area (Å²) in [4.78, 5) is 29.3. The minimum Gasteiger partial charge on any atom is -0.478 e. The van der Waals surface area contributed by atoms with Gasteiger partial charge in [0.1, 0.15) is 5.69 Å². The fraction of sp³-hybridized carbons (Fsp3) is 0.350. The molecule has 1 saturated heterocycles. The summed E-state index contributed by atoms with van der Waals surface area (Å²) in [5.74, 6) is -1.42. The topological polar surface area (TPSA) is 109 Å². The molecule has 7 nitrogen and oxygen atoms in total. The highest BCUT2D eigenvalue weighted by molar-refractivity contribution is 5.93. The lowest BCUT2D eigenvalue weighted by Gasteiger charge is -2.39. The van der Waals surface area contributed by atoms with Gasteiger partial charge in [0.05, 0.1) is 5.56 Å². The fourth-order valence-electron chi connectivity index (χ4n) is 3.18. The van der Waals surface area contributed by atoms with Gasteiger partial charge in [-0.3, -0.25) is 14.7 Å². The van der Waals surface area contributed by atoms with Crippen LogP contribution in [0.2, 0.25) is 0 Å². The maximum absolute atomic E-state index is 12.2. The predicted molar refractivity (Wildman–Crippen MR) is 101 cm³/mol. The van der Waals surface area contributed by atoms with Crippen molar-refractivity contribution in [2.45, 2.75) is 24.9 Å². The number of aromatic nitrogens is 1. The van der Waals surface area contributed by atoms with E-state index in [2.05, 4.69) is 27.3 Å². The molecule has 7 heteroatoms. The van der Waals surface area contributed by atoms with Crippen molar-refractivity contribution in [2.75, 3.05) is 19.6 Å². The zero-order valence-corrected chi connectivity index (χ0v) is 15.1. The summed E-state index contributed by atoms with van der Waals surface area (Å²) in [6.07, 6.45) is 2.77. The number of likely N-dealkylation sites (tertiary alicyclic amines) is 1. The number of nitrogens with one attached hydrogen (secondary N) is 1. The van der Waals surface area contributed by atoms with Gasteiger partial charge in [-0.1, -0.05) is 30.3 Å². The van der Waals surface area contributed by atoms with Crippen LogP contribution in [0.1, 0.15) is 39.3 Å². The Morgan fingerprint density at radius 3 is 2.44 bits per heavy atom. The van der Waals surface area contributed by atoms with Crippen LogP contribution in [0.3, 0.4) is 0 Å². The van der Waals surface area contributed by atoms with Crippen LogP contribution in [-0.4, -0.2) is 52.0 Å². The fourth-order valence-corrected chi connectivity index (χ4v) is 3.18. The number of carbonyl (C=O) groups is 2. The number of pyridine rings is 1. The summed E-state index contributed by atoms with van der Waals surface area (Å²) in [7, 11) is 0. The Morgan fingerprint density at radius 2 is 1.85 bits per heavy atom. The molecule has 0 atom stereocenters. The molecule has 1 aromatic carbocycles. The van der Waals surface area contributed by atoms with Crippen molar-refractivity contribution in [2.24, 2.45) is 5.73 Å². The molecule has 3 rings (SSSR count). The number of aromatic carboxylic acids is 1. The first-order valence-electron chi connectivity index (χ1n) is 8.98. The third-order valence-corrected chi connectivity index (χ3v) is 4.94. The first-order chi connectivity index (χ1) is 13.0. The lowest BCUT2D eigenvalue weighted by molar-refractivity contribution is 0.0695. The van der Waals surface area contributed by atoms with Gasteiger partial charge in [-0.05, 0) is 30.5 Å². The van der Waals surface area contributed by atoms with E-state index in [0.29, 0.717) is 6.54 Å². The average Bonchev–Trinajstić information content (AvgIpc) is 2.69. The van der Waals surface area contributed by atoms with E-state index in [4.69, 9.17) is 10.8 Å². The molecule has 0 radical (unpaired) electrons. The van der Waals surface area contributed by atoms with Gasteiger partial charge in [0, 0.05) is 37.9 Å². The molecule has 0 aliphatic carbocycles. The second-order valence-corrected chi connectivity index (χ2v) is 7.04. The summed E-state index contributed by atoms with van der Waals surface area (Å²) in [5, 5.41) is 11.7. The molecule has 1 aliphatic heterocycles. The van der Waals surface area contributed by atoms with Gasteiger partial charge in [0.15, 0.2) is 0 Å². The second-order valence-electron chi connectivity index (χ2n) is 7.04. The number of rotatable bonds is 6. The molecule has 0 unspecified atom stereocenters. The molecule has 27 heavy (non-hydrogen) atoms. The van der Waals surface area contributed by atoms with E-state index < -0.39 is 11.5 Å². The third kappa shape index (κ3) is 5.12. The molecule has 4 N–H and O–H groups in total. The van der Waals surface area contributed by atoms with Crippen molar-refractivity contribution < 1.29 is 14.7 Å². The Bertz CT molecular complexity index is 785. The first kappa shape index (κ1) is 19.0. The van der Waals surface area contributed by atoms with Crippen LogP contribution in [0, 0.1) is 0 Å². The van der Waals surface area contributed by atoms with E-state index in [9.17, 15) is 9.59 Å². The number of carboxylic acids is 1. The molecule has 1 aliphatic rings. The van der Waals surface area contributed by atoms with Gasteiger partial charge in [-0.15, -0.1) is 0 Å². The lowest BCUT2D eigenvalue weighted by atomic mass is 9.88. The van der Waals surface area contributed by atoms with Gasteiger partial charge in [0.2, 0.25) is 0 Å². The summed E-state index contributed by atoms with van der Waals surface area (Å²) < 4.78 is 0. The molecule has 142 valence electrons. The number of carbonyl (C=O) groups excluding carboxylic acids is 1. The number of hydrogen-bond acceptors (Lipinski definition) is 5. The Labute approximate surface area is 158 Å². The summed E-state index contributed by atoms with van der Waals surface area (Å²) in [6.45, 7) is 3.04. The highest BCUT2D eigenvalue weighted by atomic mass is 16.4. The van der Waals surface area contributed by atoms with Crippen LogP contribution >= 0.6 is 0 Å². The number of benzene rings is 1. The smallest absolute Gasteiger partial charge is 0.337 e. The van der Waals surface area contributed by atoms with E-state index in [1.165, 1.54) is 23.9 Å². The molecule has 2 heterocycles. The minimum atomic E-state index is -1.07. The number of nitrogens with zero attached hydrogens (tertiary/aromatic N) is 2. The zero-order chi connectivity index (χ0) is 19.3. The molecule has 1 fully saturated rings. The third-order valence-electron chi connectivity index (χ3n) is 4.94. The number of nitrogens with two attached hydrogens (primary N) is 1. The molecule has 2 aromatic rings. The van der Waals surface area contributed by atoms with Crippen LogP contribution in [0.5, 0.6) is 0 Å². The Balaban J connectivity index is 1.48. The average molecular weight is 368 g/mol. The highest BCUT2D eigenvalue weighted by Gasteiger charge is 2.31. The van der Waals surface area contributed by atoms with E-state index in [1.54, 1.807) is 0 Å².